The van der Waals surface area contributed by atoms with Crippen molar-refractivity contribution in [3.63, 3.8) is 0 Å². The molecule has 0 bridgehead atoms. The molecular formula is C20H23NO. The summed E-state index contributed by atoms with van der Waals surface area (Å²) in [6.45, 7) is 2.34. The summed E-state index contributed by atoms with van der Waals surface area (Å²) in [5, 5.41) is 10.1. The molecule has 1 aliphatic heterocycles. The number of benzene rings is 2. The zero-order valence-corrected chi connectivity index (χ0v) is 12.9. The SMILES string of the molecule is Oc1cccc2c1CCC1C2CCN1CCc1ccccc1. The predicted octanol–water partition coefficient (Wildman–Crippen LogP) is 3.74. The quantitative estimate of drug-likeness (QED) is 0.932. The van der Waals surface area contributed by atoms with Gasteiger partial charge >= 0.3 is 0 Å². The number of rotatable bonds is 3. The average molecular weight is 293 g/mol. The Hall–Kier alpha value is -1.80. The molecule has 114 valence electrons. The predicted molar refractivity (Wildman–Crippen MR) is 89.3 cm³/mol. The largest absolute Gasteiger partial charge is 0.508 e. The van der Waals surface area contributed by atoms with E-state index in [1.165, 1.54) is 36.1 Å². The van der Waals surface area contributed by atoms with Crippen molar-refractivity contribution < 1.29 is 5.11 Å². The third-order valence-electron chi connectivity index (χ3n) is 5.47. The van der Waals surface area contributed by atoms with Crippen molar-refractivity contribution in [2.24, 2.45) is 0 Å². The minimum Gasteiger partial charge on any atom is -0.508 e. The molecule has 1 N–H and O–H groups in total. The van der Waals surface area contributed by atoms with E-state index in [-0.39, 0.29) is 0 Å². The molecule has 4 rings (SSSR count). The maximum atomic E-state index is 10.1. The van der Waals surface area contributed by atoms with Gasteiger partial charge in [-0.15, -0.1) is 0 Å². The molecule has 2 atom stereocenters. The van der Waals surface area contributed by atoms with E-state index in [1.54, 1.807) is 0 Å². The Morgan fingerprint density at radius 3 is 2.73 bits per heavy atom. The second-order valence-electron chi connectivity index (χ2n) is 6.62. The van der Waals surface area contributed by atoms with E-state index < -0.39 is 0 Å². The molecule has 0 aromatic heterocycles. The third kappa shape index (κ3) is 2.42. The smallest absolute Gasteiger partial charge is 0.119 e. The maximum Gasteiger partial charge on any atom is 0.119 e. The van der Waals surface area contributed by atoms with Gasteiger partial charge in [0.2, 0.25) is 0 Å². The van der Waals surface area contributed by atoms with Crippen molar-refractivity contribution in [1.29, 1.82) is 0 Å². The van der Waals surface area contributed by atoms with Crippen LogP contribution in [-0.2, 0) is 12.8 Å². The van der Waals surface area contributed by atoms with Crippen LogP contribution in [0, 0.1) is 0 Å². The second-order valence-corrected chi connectivity index (χ2v) is 6.62. The first-order valence-corrected chi connectivity index (χ1v) is 8.41. The molecule has 1 heterocycles. The first kappa shape index (κ1) is 13.8. The molecule has 2 heteroatoms. The van der Waals surface area contributed by atoms with Gasteiger partial charge in [0.25, 0.3) is 0 Å². The normalized spacial score (nSPS) is 24.0. The zero-order valence-electron chi connectivity index (χ0n) is 12.9. The van der Waals surface area contributed by atoms with Crippen molar-refractivity contribution in [2.75, 3.05) is 13.1 Å². The molecule has 2 aromatic rings. The lowest BCUT2D eigenvalue weighted by atomic mass is 9.79. The van der Waals surface area contributed by atoms with E-state index in [2.05, 4.69) is 41.3 Å². The van der Waals surface area contributed by atoms with Crippen LogP contribution in [0.25, 0.3) is 0 Å². The van der Waals surface area contributed by atoms with Crippen molar-refractivity contribution in [1.82, 2.24) is 4.90 Å². The highest BCUT2D eigenvalue weighted by Crippen LogP contribution is 2.43. The fourth-order valence-electron chi connectivity index (χ4n) is 4.36. The summed E-state index contributed by atoms with van der Waals surface area (Å²) in [7, 11) is 0. The molecule has 0 spiro atoms. The van der Waals surface area contributed by atoms with Crippen LogP contribution in [0.15, 0.2) is 48.5 Å². The first-order valence-electron chi connectivity index (χ1n) is 8.41. The van der Waals surface area contributed by atoms with Crippen LogP contribution in [0.4, 0.5) is 0 Å². The summed E-state index contributed by atoms with van der Waals surface area (Å²) in [6.07, 6.45) is 4.57. The van der Waals surface area contributed by atoms with Crippen LogP contribution < -0.4 is 0 Å². The highest BCUT2D eigenvalue weighted by Gasteiger charge is 2.38. The molecule has 0 saturated carbocycles. The number of aromatic hydroxyl groups is 1. The van der Waals surface area contributed by atoms with Crippen molar-refractivity contribution in [3.05, 3.63) is 65.2 Å². The van der Waals surface area contributed by atoms with Gasteiger partial charge in [-0.25, -0.2) is 0 Å². The van der Waals surface area contributed by atoms with E-state index in [1.807, 2.05) is 12.1 Å². The lowest BCUT2D eigenvalue weighted by molar-refractivity contribution is 0.228. The van der Waals surface area contributed by atoms with Crippen LogP contribution in [0.5, 0.6) is 5.75 Å². The minimum absolute atomic E-state index is 0.499. The first-order chi connectivity index (χ1) is 10.8. The number of fused-ring (bicyclic) bond motifs is 3. The molecule has 2 unspecified atom stereocenters. The van der Waals surface area contributed by atoms with Crippen LogP contribution in [0.2, 0.25) is 0 Å². The highest BCUT2D eigenvalue weighted by atomic mass is 16.3. The van der Waals surface area contributed by atoms with Crippen molar-refractivity contribution in [3.8, 4) is 5.75 Å². The Bertz CT molecular complexity index is 652. The van der Waals surface area contributed by atoms with Gasteiger partial charge in [0.05, 0.1) is 0 Å². The third-order valence-corrected chi connectivity index (χ3v) is 5.47. The highest BCUT2D eigenvalue weighted by molar-refractivity contribution is 5.44. The number of hydrogen-bond donors (Lipinski definition) is 1. The van der Waals surface area contributed by atoms with Crippen molar-refractivity contribution in [2.45, 2.75) is 37.6 Å². The van der Waals surface area contributed by atoms with Gasteiger partial charge in [-0.05, 0) is 55.0 Å². The number of phenols is 1. The topological polar surface area (TPSA) is 23.5 Å². The monoisotopic (exact) mass is 293 g/mol. The number of likely N-dealkylation sites (tertiary alicyclic amines) is 1. The fourth-order valence-corrected chi connectivity index (χ4v) is 4.36. The van der Waals surface area contributed by atoms with Gasteiger partial charge in [0, 0.05) is 18.5 Å². The Balaban J connectivity index is 1.48. The van der Waals surface area contributed by atoms with Gasteiger partial charge in [0.1, 0.15) is 5.75 Å². The lowest BCUT2D eigenvalue weighted by Crippen LogP contribution is -2.36. The van der Waals surface area contributed by atoms with Crippen LogP contribution >= 0.6 is 0 Å². The average Bonchev–Trinajstić information content (AvgIpc) is 2.98. The second kappa shape index (κ2) is 5.77. The van der Waals surface area contributed by atoms with E-state index in [0.29, 0.717) is 17.7 Å². The zero-order chi connectivity index (χ0) is 14.9. The van der Waals surface area contributed by atoms with Gasteiger partial charge in [-0.1, -0.05) is 42.5 Å². The molecule has 0 amide bonds. The van der Waals surface area contributed by atoms with E-state index in [4.69, 9.17) is 0 Å². The number of hydrogen-bond acceptors (Lipinski definition) is 2. The Kier molecular flexibility index (Phi) is 3.63. The molecular weight excluding hydrogens is 270 g/mol. The molecule has 0 radical (unpaired) electrons. The van der Waals surface area contributed by atoms with Crippen molar-refractivity contribution >= 4 is 0 Å². The molecule has 1 aliphatic carbocycles. The molecule has 1 fully saturated rings. The standard InChI is InChI=1S/C20H23NO/c22-20-8-4-7-16-17-12-14-21(19(17)10-9-18(16)20)13-11-15-5-2-1-3-6-15/h1-8,17,19,22H,9-14H2. The van der Waals surface area contributed by atoms with Crippen LogP contribution in [-0.4, -0.2) is 29.1 Å². The molecule has 22 heavy (non-hydrogen) atoms. The molecule has 2 nitrogen and oxygen atoms in total. The minimum atomic E-state index is 0.499. The Morgan fingerprint density at radius 2 is 1.86 bits per heavy atom. The summed E-state index contributed by atoms with van der Waals surface area (Å²) in [5.41, 5.74) is 4.03. The summed E-state index contributed by atoms with van der Waals surface area (Å²) in [4.78, 5) is 2.67. The van der Waals surface area contributed by atoms with E-state index in [9.17, 15) is 5.11 Å². The van der Waals surface area contributed by atoms with Crippen LogP contribution in [0.3, 0.4) is 0 Å². The summed E-state index contributed by atoms with van der Waals surface area (Å²) in [5.74, 6) is 1.12. The summed E-state index contributed by atoms with van der Waals surface area (Å²) in [6, 6.07) is 17.5. The van der Waals surface area contributed by atoms with Gasteiger partial charge in [0.15, 0.2) is 0 Å². The maximum absolute atomic E-state index is 10.1. The Labute approximate surface area is 132 Å². The van der Waals surface area contributed by atoms with E-state index in [0.717, 1.165) is 19.4 Å². The molecule has 2 aliphatic rings. The van der Waals surface area contributed by atoms with E-state index >= 15 is 0 Å². The van der Waals surface area contributed by atoms with Gasteiger partial charge < -0.3 is 5.11 Å². The molecule has 2 aromatic carbocycles. The lowest BCUT2D eigenvalue weighted by Gasteiger charge is -2.33. The summed E-state index contributed by atoms with van der Waals surface area (Å²) < 4.78 is 0. The Morgan fingerprint density at radius 1 is 1.00 bits per heavy atom. The van der Waals surface area contributed by atoms with Gasteiger partial charge in [-0.2, -0.15) is 0 Å². The van der Waals surface area contributed by atoms with Crippen LogP contribution in [0.1, 0.15) is 35.4 Å². The molecule has 1 saturated heterocycles. The van der Waals surface area contributed by atoms with Gasteiger partial charge in [-0.3, -0.25) is 4.90 Å². The summed E-state index contributed by atoms with van der Waals surface area (Å²) >= 11 is 0. The number of nitrogens with zero attached hydrogens (tertiary/aromatic N) is 1. The number of phenolic OH excluding ortho intramolecular Hbond substituents is 1. The fraction of sp³-hybridized carbons (Fsp3) is 0.400.